The van der Waals surface area contributed by atoms with Gasteiger partial charge < -0.3 is 9.84 Å². The van der Waals surface area contributed by atoms with Crippen molar-refractivity contribution in [1.82, 2.24) is 14.5 Å². The van der Waals surface area contributed by atoms with Gasteiger partial charge in [0.1, 0.15) is 15.6 Å². The van der Waals surface area contributed by atoms with E-state index in [1.54, 1.807) is 31.2 Å². The molecule has 1 aromatic carbocycles. The van der Waals surface area contributed by atoms with E-state index in [9.17, 15) is 27.9 Å². The lowest BCUT2D eigenvalue weighted by molar-refractivity contribution is -0.207. The molecule has 3 aromatic heterocycles. The van der Waals surface area contributed by atoms with Crippen molar-refractivity contribution < 1.29 is 23.0 Å². The van der Waals surface area contributed by atoms with Crippen LogP contribution >= 0.6 is 22.9 Å². The summed E-state index contributed by atoms with van der Waals surface area (Å²) in [6, 6.07) is 9.76. The van der Waals surface area contributed by atoms with Crippen molar-refractivity contribution in [3.05, 3.63) is 73.5 Å². The summed E-state index contributed by atoms with van der Waals surface area (Å²) in [7, 11) is 0. The Kier molecular flexibility index (Phi) is 6.42. The number of nitrogens with one attached hydrogen (secondary N) is 1. The standard InChI is InChI=1S/C22H14ClF3N4O4S/c1-10-16-18(32)29-21(33)30(9-15(31)22(24,25)26)20(16)35-17(10)12-6-14(23)19(28-8-12)34-13-4-2-11(7-27)3-5-13/h2-6,8,15,31H,9H2,1H3,(H,29,32,33)/t15-/m1/s1. The van der Waals surface area contributed by atoms with Gasteiger partial charge in [-0.15, -0.1) is 11.3 Å². The first kappa shape index (κ1) is 24.5. The van der Waals surface area contributed by atoms with Gasteiger partial charge in [0.25, 0.3) is 5.56 Å². The van der Waals surface area contributed by atoms with Gasteiger partial charge in [0.15, 0.2) is 6.10 Å². The molecule has 0 saturated carbocycles. The van der Waals surface area contributed by atoms with Crippen LogP contribution in [0.1, 0.15) is 11.1 Å². The van der Waals surface area contributed by atoms with Crippen molar-refractivity contribution in [2.45, 2.75) is 25.7 Å². The molecular formula is C22H14ClF3N4O4S. The van der Waals surface area contributed by atoms with Crippen LogP contribution in [0.2, 0.25) is 5.02 Å². The second kappa shape index (κ2) is 9.18. The van der Waals surface area contributed by atoms with Crippen LogP contribution in [0.4, 0.5) is 13.2 Å². The minimum atomic E-state index is -4.95. The van der Waals surface area contributed by atoms with Crippen LogP contribution in [-0.2, 0) is 6.54 Å². The molecule has 0 radical (unpaired) electrons. The van der Waals surface area contributed by atoms with Crippen LogP contribution in [-0.4, -0.2) is 31.9 Å². The topological polar surface area (TPSA) is 121 Å². The van der Waals surface area contributed by atoms with Crippen molar-refractivity contribution in [3.63, 3.8) is 0 Å². The van der Waals surface area contributed by atoms with E-state index in [1.807, 2.05) is 11.1 Å². The summed E-state index contributed by atoms with van der Waals surface area (Å²) in [4.78, 5) is 31.3. The summed E-state index contributed by atoms with van der Waals surface area (Å²) < 4.78 is 45.0. The Labute approximate surface area is 203 Å². The molecular weight excluding hydrogens is 509 g/mol. The first-order valence-corrected chi connectivity index (χ1v) is 11.0. The molecule has 4 aromatic rings. The van der Waals surface area contributed by atoms with E-state index < -0.39 is 30.1 Å². The maximum atomic E-state index is 12.9. The van der Waals surface area contributed by atoms with E-state index in [1.165, 1.54) is 12.3 Å². The number of aryl methyl sites for hydroxylation is 1. The zero-order valence-corrected chi connectivity index (χ0v) is 19.3. The van der Waals surface area contributed by atoms with Gasteiger partial charge in [-0.2, -0.15) is 18.4 Å². The number of aromatic amines is 1. The largest absolute Gasteiger partial charge is 0.438 e. The number of nitriles is 1. The zero-order valence-electron chi connectivity index (χ0n) is 17.7. The SMILES string of the molecule is Cc1c(-c2cnc(Oc3ccc(C#N)cc3)c(Cl)c2)sc2c1c(=O)[nH]c(=O)n2C[C@@H](O)C(F)(F)F. The van der Waals surface area contributed by atoms with E-state index in [2.05, 4.69) is 4.98 Å². The lowest BCUT2D eigenvalue weighted by atomic mass is 10.1. The number of aliphatic hydroxyl groups is 1. The molecule has 0 fully saturated rings. The maximum Gasteiger partial charge on any atom is 0.416 e. The molecule has 180 valence electrons. The number of fused-ring (bicyclic) bond motifs is 1. The van der Waals surface area contributed by atoms with E-state index >= 15 is 0 Å². The molecule has 1 atom stereocenters. The van der Waals surface area contributed by atoms with E-state index in [0.717, 1.165) is 11.3 Å². The third-order valence-corrected chi connectivity index (χ3v) is 6.70. The van der Waals surface area contributed by atoms with Gasteiger partial charge >= 0.3 is 11.9 Å². The average molecular weight is 523 g/mol. The van der Waals surface area contributed by atoms with Crippen molar-refractivity contribution in [3.8, 4) is 28.1 Å². The maximum absolute atomic E-state index is 12.9. The first-order chi connectivity index (χ1) is 16.5. The fourth-order valence-corrected chi connectivity index (χ4v) is 4.82. The molecule has 13 heteroatoms. The van der Waals surface area contributed by atoms with Crippen LogP contribution < -0.4 is 16.0 Å². The summed E-state index contributed by atoms with van der Waals surface area (Å²) in [5.41, 5.74) is -0.539. The Bertz CT molecular complexity index is 1590. The van der Waals surface area contributed by atoms with Crippen molar-refractivity contribution in [2.75, 3.05) is 0 Å². The van der Waals surface area contributed by atoms with Gasteiger partial charge in [0, 0.05) is 16.6 Å². The molecule has 3 heterocycles. The second-order valence-corrected chi connectivity index (χ2v) is 8.82. The number of aromatic nitrogens is 3. The molecule has 0 aliphatic heterocycles. The average Bonchev–Trinajstić information content (AvgIpc) is 3.15. The van der Waals surface area contributed by atoms with Crippen molar-refractivity contribution in [2.24, 2.45) is 0 Å². The third kappa shape index (κ3) is 4.79. The van der Waals surface area contributed by atoms with Crippen LogP contribution in [0.15, 0.2) is 46.1 Å². The number of hydrogen-bond acceptors (Lipinski definition) is 7. The Balaban J connectivity index is 1.75. The van der Waals surface area contributed by atoms with Gasteiger partial charge in [0.2, 0.25) is 5.88 Å². The van der Waals surface area contributed by atoms with Gasteiger partial charge in [-0.25, -0.2) is 9.78 Å². The zero-order chi connectivity index (χ0) is 25.5. The van der Waals surface area contributed by atoms with E-state index in [4.69, 9.17) is 21.6 Å². The fraction of sp³-hybridized carbons (Fsp3) is 0.182. The van der Waals surface area contributed by atoms with Crippen LogP contribution in [0, 0.1) is 18.3 Å². The number of alkyl halides is 3. The third-order valence-electron chi connectivity index (χ3n) is 5.07. The molecule has 35 heavy (non-hydrogen) atoms. The Morgan fingerprint density at radius 1 is 1.31 bits per heavy atom. The summed E-state index contributed by atoms with van der Waals surface area (Å²) in [5, 5.41) is 18.5. The molecule has 8 nitrogen and oxygen atoms in total. The normalized spacial score (nSPS) is 12.5. The second-order valence-electron chi connectivity index (χ2n) is 7.41. The summed E-state index contributed by atoms with van der Waals surface area (Å²) in [5.74, 6) is 0.463. The Morgan fingerprint density at radius 3 is 2.60 bits per heavy atom. The number of pyridine rings is 1. The number of aliphatic hydroxyl groups excluding tert-OH is 1. The number of ether oxygens (including phenoxy) is 1. The van der Waals surface area contributed by atoms with Crippen LogP contribution in [0.3, 0.4) is 0 Å². The van der Waals surface area contributed by atoms with Crippen molar-refractivity contribution >= 4 is 33.2 Å². The first-order valence-electron chi connectivity index (χ1n) is 9.84. The predicted octanol–water partition coefficient (Wildman–Crippen LogP) is 4.36. The lowest BCUT2D eigenvalue weighted by Gasteiger charge is -2.15. The summed E-state index contributed by atoms with van der Waals surface area (Å²) in [6.45, 7) is 0.499. The highest BCUT2D eigenvalue weighted by atomic mass is 35.5. The molecule has 0 unspecified atom stereocenters. The Hall–Kier alpha value is -3.66. The molecule has 0 aliphatic rings. The molecule has 2 N–H and O–H groups in total. The predicted molar refractivity (Wildman–Crippen MR) is 123 cm³/mol. The van der Waals surface area contributed by atoms with E-state index in [-0.39, 0.29) is 21.1 Å². The van der Waals surface area contributed by atoms with Crippen molar-refractivity contribution in [1.29, 1.82) is 5.26 Å². The summed E-state index contributed by atoms with van der Waals surface area (Å²) in [6.07, 6.45) is -6.34. The number of hydrogen-bond donors (Lipinski definition) is 2. The minimum Gasteiger partial charge on any atom is -0.438 e. The van der Waals surface area contributed by atoms with Crippen LogP contribution in [0.5, 0.6) is 11.6 Å². The highest BCUT2D eigenvalue weighted by Gasteiger charge is 2.39. The number of H-pyrrole nitrogens is 1. The fourth-order valence-electron chi connectivity index (χ4n) is 3.33. The molecule has 0 bridgehead atoms. The molecule has 0 amide bonds. The number of benzene rings is 1. The van der Waals surface area contributed by atoms with Gasteiger partial charge in [0.05, 0.1) is 23.6 Å². The smallest absolute Gasteiger partial charge is 0.416 e. The van der Waals surface area contributed by atoms with Gasteiger partial charge in [-0.1, -0.05) is 11.6 Å². The number of thiophene rings is 1. The lowest BCUT2D eigenvalue weighted by Crippen LogP contribution is -2.38. The molecule has 0 saturated heterocycles. The monoisotopic (exact) mass is 522 g/mol. The molecule has 4 rings (SSSR count). The number of halogens is 4. The van der Waals surface area contributed by atoms with Gasteiger partial charge in [-0.3, -0.25) is 14.3 Å². The molecule has 0 spiro atoms. The highest BCUT2D eigenvalue weighted by Crippen LogP contribution is 2.39. The molecule has 0 aliphatic carbocycles. The minimum absolute atomic E-state index is 0.0213. The Morgan fingerprint density at radius 2 is 2.00 bits per heavy atom. The quantitative estimate of drug-likeness (QED) is 0.402. The van der Waals surface area contributed by atoms with Crippen LogP contribution in [0.25, 0.3) is 20.7 Å². The summed E-state index contributed by atoms with van der Waals surface area (Å²) >= 11 is 7.23. The number of nitrogens with zero attached hydrogens (tertiary/aromatic N) is 3. The number of rotatable bonds is 5. The van der Waals surface area contributed by atoms with Gasteiger partial charge in [-0.05, 0) is 42.8 Å². The van der Waals surface area contributed by atoms with E-state index in [0.29, 0.717) is 31.9 Å². The highest BCUT2D eigenvalue weighted by molar-refractivity contribution is 7.22.